The quantitative estimate of drug-likeness (QED) is 0.851. The summed E-state index contributed by atoms with van der Waals surface area (Å²) in [5, 5.41) is 3.54. The van der Waals surface area contributed by atoms with Gasteiger partial charge in [0.25, 0.3) is 0 Å². The molecule has 19 heavy (non-hydrogen) atoms. The Morgan fingerprint density at radius 2 is 1.89 bits per heavy atom. The van der Waals surface area contributed by atoms with Gasteiger partial charge in [0.2, 0.25) is 0 Å². The van der Waals surface area contributed by atoms with E-state index in [1.165, 1.54) is 31.2 Å². The van der Waals surface area contributed by atoms with E-state index < -0.39 is 0 Å². The molecule has 1 saturated carbocycles. The number of halogens is 1. The molecule has 1 N–H and O–H groups in total. The molecule has 1 fully saturated rings. The molecule has 2 rings (SSSR count). The van der Waals surface area contributed by atoms with Crippen molar-refractivity contribution in [3.8, 4) is 0 Å². The number of aryl methyl sites for hydroxylation is 2. The molecule has 0 heterocycles. The number of benzene rings is 1. The zero-order valence-corrected chi connectivity index (χ0v) is 12.4. The highest BCUT2D eigenvalue weighted by molar-refractivity contribution is 5.30. The highest BCUT2D eigenvalue weighted by Gasteiger charge is 2.18. The Kier molecular flexibility index (Phi) is 4.98. The summed E-state index contributed by atoms with van der Waals surface area (Å²) in [6.45, 7) is 7.99. The van der Waals surface area contributed by atoms with E-state index in [1.807, 2.05) is 26.0 Å². The van der Waals surface area contributed by atoms with Crippen molar-refractivity contribution in [2.45, 2.75) is 53.0 Å². The van der Waals surface area contributed by atoms with Crippen molar-refractivity contribution < 1.29 is 4.39 Å². The van der Waals surface area contributed by atoms with E-state index in [-0.39, 0.29) is 5.82 Å². The SMILES string of the molecule is Cc1cc(CNCC2CCCC(C)C2)cc(C)c1F. The minimum Gasteiger partial charge on any atom is -0.312 e. The summed E-state index contributed by atoms with van der Waals surface area (Å²) in [6.07, 6.45) is 5.49. The predicted molar refractivity (Wildman–Crippen MR) is 78.7 cm³/mol. The average molecular weight is 263 g/mol. The summed E-state index contributed by atoms with van der Waals surface area (Å²) in [4.78, 5) is 0. The minimum absolute atomic E-state index is 0.0649. The van der Waals surface area contributed by atoms with Crippen molar-refractivity contribution in [1.29, 1.82) is 0 Å². The molecule has 0 aromatic heterocycles. The van der Waals surface area contributed by atoms with Crippen LogP contribution in [0, 0.1) is 31.5 Å². The van der Waals surface area contributed by atoms with Crippen LogP contribution in [0.1, 0.15) is 49.3 Å². The molecule has 0 aliphatic heterocycles. The van der Waals surface area contributed by atoms with Crippen LogP contribution in [-0.4, -0.2) is 6.54 Å². The van der Waals surface area contributed by atoms with Gasteiger partial charge in [0.15, 0.2) is 0 Å². The van der Waals surface area contributed by atoms with Crippen molar-refractivity contribution in [3.05, 3.63) is 34.6 Å². The van der Waals surface area contributed by atoms with E-state index in [1.54, 1.807) is 0 Å². The molecule has 0 radical (unpaired) electrons. The van der Waals surface area contributed by atoms with Crippen LogP contribution >= 0.6 is 0 Å². The molecular weight excluding hydrogens is 237 g/mol. The van der Waals surface area contributed by atoms with Gasteiger partial charge in [-0.25, -0.2) is 4.39 Å². The first kappa shape index (κ1) is 14.5. The Morgan fingerprint density at radius 3 is 2.53 bits per heavy atom. The molecule has 1 aliphatic carbocycles. The van der Waals surface area contributed by atoms with Gasteiger partial charge in [-0.05, 0) is 61.8 Å². The Morgan fingerprint density at radius 1 is 1.21 bits per heavy atom. The Labute approximate surface area is 116 Å². The summed E-state index contributed by atoms with van der Waals surface area (Å²) >= 11 is 0. The van der Waals surface area contributed by atoms with Gasteiger partial charge in [-0.3, -0.25) is 0 Å². The number of nitrogens with one attached hydrogen (secondary N) is 1. The highest BCUT2D eigenvalue weighted by atomic mass is 19.1. The molecule has 1 aromatic rings. The van der Waals surface area contributed by atoms with E-state index >= 15 is 0 Å². The van der Waals surface area contributed by atoms with Gasteiger partial charge >= 0.3 is 0 Å². The van der Waals surface area contributed by atoms with Crippen LogP contribution in [0.25, 0.3) is 0 Å². The first-order valence-electron chi connectivity index (χ1n) is 7.52. The van der Waals surface area contributed by atoms with Crippen molar-refractivity contribution >= 4 is 0 Å². The van der Waals surface area contributed by atoms with Crippen LogP contribution in [-0.2, 0) is 6.54 Å². The monoisotopic (exact) mass is 263 g/mol. The fourth-order valence-electron chi connectivity index (χ4n) is 3.30. The molecule has 106 valence electrons. The predicted octanol–water partition coefficient (Wildman–Crippen LogP) is 4.36. The third-order valence-electron chi connectivity index (χ3n) is 4.30. The third-order valence-corrected chi connectivity index (χ3v) is 4.30. The Hall–Kier alpha value is -0.890. The second kappa shape index (κ2) is 6.51. The van der Waals surface area contributed by atoms with Crippen molar-refractivity contribution in [3.63, 3.8) is 0 Å². The first-order valence-corrected chi connectivity index (χ1v) is 7.52. The molecule has 0 saturated heterocycles. The fourth-order valence-corrected chi connectivity index (χ4v) is 3.30. The van der Waals surface area contributed by atoms with Gasteiger partial charge < -0.3 is 5.32 Å². The molecule has 0 amide bonds. The highest BCUT2D eigenvalue weighted by Crippen LogP contribution is 2.28. The standard InChI is InChI=1S/C17H26FN/c1-12-5-4-6-15(7-12)10-19-11-16-8-13(2)17(18)14(3)9-16/h8-9,12,15,19H,4-7,10-11H2,1-3H3. The van der Waals surface area contributed by atoms with Crippen molar-refractivity contribution in [1.82, 2.24) is 5.32 Å². The van der Waals surface area contributed by atoms with Gasteiger partial charge in [-0.2, -0.15) is 0 Å². The van der Waals surface area contributed by atoms with Crippen LogP contribution < -0.4 is 5.32 Å². The number of hydrogen-bond acceptors (Lipinski definition) is 1. The van der Waals surface area contributed by atoms with Crippen LogP contribution in [0.5, 0.6) is 0 Å². The van der Waals surface area contributed by atoms with Crippen LogP contribution in [0.15, 0.2) is 12.1 Å². The topological polar surface area (TPSA) is 12.0 Å². The van der Waals surface area contributed by atoms with Crippen molar-refractivity contribution in [2.75, 3.05) is 6.54 Å². The zero-order valence-electron chi connectivity index (χ0n) is 12.4. The maximum atomic E-state index is 13.5. The van der Waals surface area contributed by atoms with Crippen LogP contribution in [0.4, 0.5) is 4.39 Å². The summed E-state index contributed by atoms with van der Waals surface area (Å²) < 4.78 is 13.5. The molecule has 2 unspecified atom stereocenters. The molecule has 1 aliphatic rings. The van der Waals surface area contributed by atoms with E-state index in [9.17, 15) is 4.39 Å². The molecule has 1 aromatic carbocycles. The normalized spacial score (nSPS) is 23.6. The van der Waals surface area contributed by atoms with Gasteiger partial charge in [0.05, 0.1) is 0 Å². The van der Waals surface area contributed by atoms with Crippen molar-refractivity contribution in [2.24, 2.45) is 11.8 Å². The number of hydrogen-bond donors (Lipinski definition) is 1. The van der Waals surface area contributed by atoms with E-state index in [0.717, 1.165) is 36.1 Å². The maximum Gasteiger partial charge on any atom is 0.129 e. The van der Waals surface area contributed by atoms with E-state index in [0.29, 0.717) is 0 Å². The molecule has 1 nitrogen and oxygen atoms in total. The lowest BCUT2D eigenvalue weighted by molar-refractivity contribution is 0.274. The van der Waals surface area contributed by atoms with Crippen LogP contribution in [0.3, 0.4) is 0 Å². The minimum atomic E-state index is -0.0649. The second-order valence-electron chi connectivity index (χ2n) is 6.31. The molecule has 2 heteroatoms. The van der Waals surface area contributed by atoms with Gasteiger partial charge in [0, 0.05) is 6.54 Å². The third kappa shape index (κ3) is 4.04. The lowest BCUT2D eigenvalue weighted by Crippen LogP contribution is -2.26. The number of rotatable bonds is 4. The van der Waals surface area contributed by atoms with Gasteiger partial charge in [0.1, 0.15) is 5.82 Å². The Bertz CT molecular complexity index is 404. The van der Waals surface area contributed by atoms with Gasteiger partial charge in [-0.1, -0.05) is 31.9 Å². The smallest absolute Gasteiger partial charge is 0.129 e. The molecule has 2 atom stereocenters. The lowest BCUT2D eigenvalue weighted by Gasteiger charge is -2.26. The lowest BCUT2D eigenvalue weighted by atomic mass is 9.82. The first-order chi connectivity index (χ1) is 9.06. The summed E-state index contributed by atoms with van der Waals surface area (Å²) in [5.41, 5.74) is 2.70. The van der Waals surface area contributed by atoms with Gasteiger partial charge in [-0.15, -0.1) is 0 Å². The second-order valence-corrected chi connectivity index (χ2v) is 6.31. The maximum absolute atomic E-state index is 13.5. The largest absolute Gasteiger partial charge is 0.312 e. The fraction of sp³-hybridized carbons (Fsp3) is 0.647. The van der Waals surface area contributed by atoms with E-state index in [4.69, 9.17) is 0 Å². The summed E-state index contributed by atoms with van der Waals surface area (Å²) in [6, 6.07) is 3.91. The molecule has 0 spiro atoms. The molecule has 0 bridgehead atoms. The van der Waals surface area contributed by atoms with E-state index in [2.05, 4.69) is 12.2 Å². The molecular formula is C17H26FN. The average Bonchev–Trinajstić information content (AvgIpc) is 2.36. The summed E-state index contributed by atoms with van der Waals surface area (Å²) in [5.74, 6) is 1.65. The van der Waals surface area contributed by atoms with Crippen LogP contribution in [0.2, 0.25) is 0 Å². The zero-order chi connectivity index (χ0) is 13.8. The summed E-state index contributed by atoms with van der Waals surface area (Å²) in [7, 11) is 0. The Balaban J connectivity index is 1.82.